The molecule has 1 unspecified atom stereocenters. The zero-order chi connectivity index (χ0) is 12.1. The van der Waals surface area contributed by atoms with Gasteiger partial charge in [0.2, 0.25) is 0 Å². The van der Waals surface area contributed by atoms with E-state index in [1.165, 1.54) is 4.90 Å². The number of nitrogens with zero attached hydrogens (tertiary/aromatic N) is 1. The van der Waals surface area contributed by atoms with Gasteiger partial charge in [0.1, 0.15) is 5.60 Å². The minimum atomic E-state index is -0.445. The van der Waals surface area contributed by atoms with Crippen LogP contribution in [0.3, 0.4) is 0 Å². The summed E-state index contributed by atoms with van der Waals surface area (Å²) in [5.74, 6) is -0.138. The Labute approximate surface area is 91.6 Å². The van der Waals surface area contributed by atoms with Crippen molar-refractivity contribution in [3.63, 3.8) is 0 Å². The lowest BCUT2D eigenvalue weighted by Crippen LogP contribution is -2.28. The summed E-state index contributed by atoms with van der Waals surface area (Å²) in [5.41, 5.74) is -0.445. The van der Waals surface area contributed by atoms with Crippen LogP contribution in [0.15, 0.2) is 0 Å². The molecule has 15 heavy (non-hydrogen) atoms. The molecule has 4 heteroatoms. The Balaban J connectivity index is 3.91. The topological polar surface area (TPSA) is 46.6 Å². The van der Waals surface area contributed by atoms with Crippen LogP contribution in [0, 0.1) is 5.92 Å². The second-order valence-electron chi connectivity index (χ2n) is 4.87. The smallest absolute Gasteiger partial charge is 0.311 e. The molecular weight excluding hydrogens is 194 g/mol. The van der Waals surface area contributed by atoms with Crippen molar-refractivity contribution in [2.75, 3.05) is 13.6 Å². The summed E-state index contributed by atoms with van der Waals surface area (Å²) in [5, 5.41) is 0. The zero-order valence-electron chi connectivity index (χ0n) is 10.2. The van der Waals surface area contributed by atoms with Gasteiger partial charge in [-0.2, -0.15) is 0 Å². The van der Waals surface area contributed by atoms with Crippen molar-refractivity contribution in [2.45, 2.75) is 39.7 Å². The third kappa shape index (κ3) is 7.97. The van der Waals surface area contributed by atoms with Gasteiger partial charge in [0, 0.05) is 20.0 Å². The maximum atomic E-state index is 11.4. The zero-order valence-corrected chi connectivity index (χ0v) is 10.2. The van der Waals surface area contributed by atoms with Gasteiger partial charge in [0.25, 0.3) is 0 Å². The van der Waals surface area contributed by atoms with Gasteiger partial charge in [-0.3, -0.25) is 9.59 Å². The molecule has 0 saturated heterocycles. The molecule has 0 heterocycles. The minimum Gasteiger partial charge on any atom is -0.460 e. The monoisotopic (exact) mass is 214 g/mol. The summed E-state index contributed by atoms with van der Waals surface area (Å²) in [7, 11) is 1.64. The highest BCUT2D eigenvalue weighted by Crippen LogP contribution is 2.11. The van der Waals surface area contributed by atoms with E-state index in [9.17, 15) is 9.59 Å². The summed E-state index contributed by atoms with van der Waals surface area (Å²) < 4.78 is 5.17. The molecule has 0 aromatic rings. The average Bonchev–Trinajstić information content (AvgIpc) is 1.99. The fourth-order valence-electron chi connectivity index (χ4n) is 1.24. The van der Waals surface area contributed by atoms with Gasteiger partial charge < -0.3 is 9.64 Å². The Hall–Kier alpha value is -1.06. The van der Waals surface area contributed by atoms with Gasteiger partial charge in [-0.15, -0.1) is 0 Å². The number of carbonyl (C=O) groups excluding carboxylic acids is 2. The van der Waals surface area contributed by atoms with E-state index in [0.29, 0.717) is 13.0 Å². The number of hydrogen-bond donors (Lipinski definition) is 0. The van der Waals surface area contributed by atoms with Crippen molar-refractivity contribution in [1.82, 2.24) is 4.90 Å². The Bertz CT molecular complexity index is 220. The molecule has 0 spiro atoms. The van der Waals surface area contributed by atoms with Gasteiger partial charge >= 0.3 is 12.4 Å². The largest absolute Gasteiger partial charge is 0.460 e. The number of amides is 1. The van der Waals surface area contributed by atoms with Gasteiger partial charge in [0.15, 0.2) is 0 Å². The van der Waals surface area contributed by atoms with Crippen molar-refractivity contribution < 1.29 is 14.3 Å². The molecule has 0 aromatic heterocycles. The first-order chi connectivity index (χ1) is 6.74. The van der Waals surface area contributed by atoms with E-state index in [4.69, 9.17) is 4.74 Å². The summed E-state index contributed by atoms with van der Waals surface area (Å²) in [4.78, 5) is 23.0. The highest BCUT2D eigenvalue weighted by Gasteiger charge is 2.18. The van der Waals surface area contributed by atoms with Crippen LogP contribution in [0.4, 0.5) is 0 Å². The molecule has 0 aliphatic heterocycles. The number of ether oxygens (including phenoxy) is 1. The lowest BCUT2D eigenvalue weighted by Gasteiger charge is -2.21. The van der Waals surface area contributed by atoms with Crippen LogP contribution in [0.5, 0.6) is 0 Å². The van der Waals surface area contributed by atoms with Gasteiger partial charge in [-0.05, 0) is 26.7 Å². The van der Waals surface area contributed by atoms with Crippen LogP contribution in [0.1, 0.15) is 34.1 Å². The number of rotatable bonds is 5. The van der Waals surface area contributed by atoms with Crippen LogP contribution in [0.25, 0.3) is 0 Å². The third-order valence-electron chi connectivity index (χ3n) is 1.68. The molecule has 87 valence electrons. The minimum absolute atomic E-state index is 0.0892. The Morgan fingerprint density at radius 2 is 2.00 bits per heavy atom. The van der Waals surface area contributed by atoms with Crippen molar-refractivity contribution in [3.05, 3.63) is 0 Å². The third-order valence-corrected chi connectivity index (χ3v) is 1.68. The highest BCUT2D eigenvalue weighted by molar-refractivity contribution is 5.70. The van der Waals surface area contributed by atoms with E-state index in [-0.39, 0.29) is 11.9 Å². The van der Waals surface area contributed by atoms with Crippen molar-refractivity contribution in [2.24, 2.45) is 5.92 Å². The van der Waals surface area contributed by atoms with Crippen LogP contribution < -0.4 is 0 Å². The lowest BCUT2D eigenvalue weighted by molar-refractivity contribution is -0.155. The van der Waals surface area contributed by atoms with Crippen LogP contribution >= 0.6 is 0 Å². The first-order valence-corrected chi connectivity index (χ1v) is 5.05. The molecule has 0 aliphatic rings. The number of hydrogen-bond acceptors (Lipinski definition) is 3. The molecule has 4 nitrogen and oxygen atoms in total. The number of esters is 1. The van der Waals surface area contributed by atoms with E-state index in [1.54, 1.807) is 13.5 Å². The standard InChI is InChI=1S/C11H20NO3/c1-9(7-12(5)8-13)6-10(14)15-11(2,3)4/h9H,6-7H2,1-5H3. The van der Waals surface area contributed by atoms with Gasteiger partial charge in [-0.25, -0.2) is 0 Å². The molecule has 0 aliphatic carbocycles. The SMILES string of the molecule is CC(CC(=O)OC(C)(C)C)CN(C)[C]=O. The molecule has 1 amide bonds. The van der Waals surface area contributed by atoms with E-state index in [0.717, 1.165) is 0 Å². The molecule has 0 rings (SSSR count). The second kappa shape index (κ2) is 5.73. The maximum absolute atomic E-state index is 11.4. The van der Waals surface area contributed by atoms with Crippen molar-refractivity contribution in [3.8, 4) is 0 Å². The first kappa shape index (κ1) is 13.9. The summed E-state index contributed by atoms with van der Waals surface area (Å²) in [6, 6.07) is 0. The van der Waals surface area contributed by atoms with Crippen molar-refractivity contribution >= 4 is 12.4 Å². The molecule has 1 atom stereocenters. The molecule has 1 radical (unpaired) electrons. The Morgan fingerprint density at radius 3 is 2.40 bits per heavy atom. The van der Waals surface area contributed by atoms with Crippen LogP contribution in [0.2, 0.25) is 0 Å². The van der Waals surface area contributed by atoms with E-state index in [2.05, 4.69) is 0 Å². The molecule has 0 saturated carbocycles. The fourth-order valence-corrected chi connectivity index (χ4v) is 1.24. The van der Waals surface area contributed by atoms with Gasteiger partial charge in [-0.1, -0.05) is 6.92 Å². The Kier molecular flexibility index (Phi) is 5.33. The van der Waals surface area contributed by atoms with Crippen LogP contribution in [-0.4, -0.2) is 36.5 Å². The first-order valence-electron chi connectivity index (χ1n) is 5.05. The molecule has 0 aromatic carbocycles. The highest BCUT2D eigenvalue weighted by atomic mass is 16.6. The van der Waals surface area contributed by atoms with Crippen LogP contribution in [-0.2, 0) is 14.3 Å². The summed E-state index contributed by atoms with van der Waals surface area (Å²) >= 11 is 0. The van der Waals surface area contributed by atoms with E-state index >= 15 is 0 Å². The molecule has 0 N–H and O–H groups in total. The predicted octanol–water partition coefficient (Wildman–Crippen LogP) is 1.35. The Morgan fingerprint density at radius 1 is 1.47 bits per heavy atom. The average molecular weight is 214 g/mol. The fraction of sp³-hybridized carbons (Fsp3) is 0.818. The van der Waals surface area contributed by atoms with E-state index < -0.39 is 5.60 Å². The molecular formula is C11H20NO3. The predicted molar refractivity (Wildman–Crippen MR) is 57.9 cm³/mol. The quantitative estimate of drug-likeness (QED) is 0.512. The maximum Gasteiger partial charge on any atom is 0.311 e. The number of carbonyl (C=O) groups is 1. The molecule has 0 fully saturated rings. The van der Waals surface area contributed by atoms with Gasteiger partial charge in [0.05, 0.1) is 0 Å². The summed E-state index contributed by atoms with van der Waals surface area (Å²) in [6.07, 6.45) is 2.07. The van der Waals surface area contributed by atoms with E-state index in [1.807, 2.05) is 27.7 Å². The lowest BCUT2D eigenvalue weighted by atomic mass is 10.1. The second-order valence-corrected chi connectivity index (χ2v) is 4.87. The van der Waals surface area contributed by atoms with Crippen molar-refractivity contribution in [1.29, 1.82) is 0 Å². The summed E-state index contributed by atoms with van der Waals surface area (Å²) in [6.45, 7) is 7.92. The normalized spacial score (nSPS) is 13.1. The molecule has 0 bridgehead atoms.